The summed E-state index contributed by atoms with van der Waals surface area (Å²) in [6, 6.07) is 3.36. The van der Waals surface area contributed by atoms with E-state index in [2.05, 4.69) is 17.2 Å². The van der Waals surface area contributed by atoms with E-state index >= 15 is 0 Å². The molecule has 1 N–H and O–H groups in total. The predicted octanol–water partition coefficient (Wildman–Crippen LogP) is 3.23. The topological polar surface area (TPSA) is 68.1 Å². The molecule has 2 aliphatic rings. The summed E-state index contributed by atoms with van der Waals surface area (Å²) in [6.45, 7) is 2.13. The maximum absolute atomic E-state index is 11.0. The van der Waals surface area contributed by atoms with Gasteiger partial charge in [0.25, 0.3) is 0 Å². The lowest BCUT2D eigenvalue weighted by Crippen LogP contribution is -2.30. The Labute approximate surface area is 112 Å². The van der Waals surface area contributed by atoms with Crippen LogP contribution in [0.2, 0.25) is 0 Å². The number of nitrogens with one attached hydrogen (secondary N) is 1. The van der Waals surface area contributed by atoms with E-state index in [1.54, 1.807) is 12.3 Å². The average molecular weight is 261 g/mol. The highest BCUT2D eigenvalue weighted by atomic mass is 16.6. The van der Waals surface area contributed by atoms with E-state index in [0.717, 1.165) is 11.8 Å². The van der Waals surface area contributed by atoms with E-state index in [4.69, 9.17) is 0 Å². The van der Waals surface area contributed by atoms with Crippen molar-refractivity contribution in [2.45, 2.75) is 38.6 Å². The number of fused-ring (bicyclic) bond motifs is 2. The quantitative estimate of drug-likeness (QED) is 0.667. The lowest BCUT2D eigenvalue weighted by atomic mass is 9.84. The Morgan fingerprint density at radius 3 is 2.95 bits per heavy atom. The number of rotatable bonds is 4. The average Bonchev–Trinajstić information content (AvgIpc) is 3.01. The third-order valence-corrected chi connectivity index (χ3v) is 4.78. The van der Waals surface area contributed by atoms with Gasteiger partial charge in [-0.3, -0.25) is 10.1 Å². The molecule has 5 nitrogen and oxygen atoms in total. The minimum absolute atomic E-state index is 0.0671. The summed E-state index contributed by atoms with van der Waals surface area (Å²) in [5.41, 5.74) is 0.0671. The Bertz CT molecular complexity index is 491. The molecule has 1 aromatic heterocycles. The number of hydrogen-bond acceptors (Lipinski definition) is 4. The summed E-state index contributed by atoms with van der Waals surface area (Å²) in [5.74, 6) is 2.73. The zero-order chi connectivity index (χ0) is 13.4. The Morgan fingerprint density at radius 2 is 2.32 bits per heavy atom. The van der Waals surface area contributed by atoms with E-state index in [0.29, 0.717) is 11.7 Å². The van der Waals surface area contributed by atoms with Crippen LogP contribution in [-0.2, 0) is 0 Å². The second-order valence-electron chi connectivity index (χ2n) is 5.90. The number of hydrogen-bond donors (Lipinski definition) is 1. The van der Waals surface area contributed by atoms with E-state index < -0.39 is 0 Å². The van der Waals surface area contributed by atoms with Gasteiger partial charge in [-0.1, -0.05) is 6.42 Å². The summed E-state index contributed by atoms with van der Waals surface area (Å²) in [4.78, 5) is 14.7. The number of anilines is 1. The van der Waals surface area contributed by atoms with Gasteiger partial charge in [0.1, 0.15) is 0 Å². The van der Waals surface area contributed by atoms with E-state index in [-0.39, 0.29) is 16.7 Å². The van der Waals surface area contributed by atoms with Gasteiger partial charge >= 0.3 is 5.69 Å². The lowest BCUT2D eigenvalue weighted by Gasteiger charge is -2.28. The van der Waals surface area contributed by atoms with Crippen molar-refractivity contribution in [3.05, 3.63) is 28.4 Å². The molecule has 0 saturated heterocycles. The smallest absolute Gasteiger partial charge is 0.311 e. The molecule has 1 heterocycles. The maximum Gasteiger partial charge on any atom is 0.311 e. The van der Waals surface area contributed by atoms with E-state index in [9.17, 15) is 10.1 Å². The van der Waals surface area contributed by atoms with Crippen molar-refractivity contribution < 1.29 is 4.92 Å². The fraction of sp³-hybridized carbons (Fsp3) is 0.643. The highest BCUT2D eigenvalue weighted by Gasteiger charge is 2.42. The summed E-state index contributed by atoms with van der Waals surface area (Å²) in [5, 5.41) is 14.2. The van der Waals surface area contributed by atoms with Gasteiger partial charge in [-0.2, -0.15) is 0 Å². The standard InChI is InChI=1S/C14H19N3O2/c1-9(12-8-10-4-5-11(12)7-10)16-14-13(17(18)19)3-2-6-15-14/h2-3,6,9-12H,4-5,7-8H2,1H3,(H,15,16). The fourth-order valence-electron chi connectivity index (χ4n) is 3.88. The highest BCUT2D eigenvalue weighted by molar-refractivity contribution is 5.55. The minimum atomic E-state index is -0.372. The molecule has 0 aliphatic heterocycles. The fourth-order valence-corrected chi connectivity index (χ4v) is 3.88. The van der Waals surface area contributed by atoms with Crippen LogP contribution >= 0.6 is 0 Å². The zero-order valence-corrected chi connectivity index (χ0v) is 11.1. The zero-order valence-electron chi connectivity index (χ0n) is 11.1. The Morgan fingerprint density at radius 1 is 1.47 bits per heavy atom. The Kier molecular flexibility index (Phi) is 3.12. The Balaban J connectivity index is 1.73. The highest BCUT2D eigenvalue weighted by Crippen LogP contribution is 2.49. The lowest BCUT2D eigenvalue weighted by molar-refractivity contribution is -0.384. The second-order valence-corrected chi connectivity index (χ2v) is 5.90. The van der Waals surface area contributed by atoms with Crippen LogP contribution in [0, 0.1) is 27.9 Å². The SMILES string of the molecule is CC(Nc1ncccc1[N+](=O)[O-])C1CC2CCC1C2. The molecule has 3 rings (SSSR count). The van der Waals surface area contributed by atoms with Crippen molar-refractivity contribution in [1.29, 1.82) is 0 Å². The summed E-state index contributed by atoms with van der Waals surface area (Å²) in [7, 11) is 0. The number of nitro groups is 1. The van der Waals surface area contributed by atoms with Gasteiger partial charge in [0.05, 0.1) is 4.92 Å². The molecule has 1 aromatic rings. The van der Waals surface area contributed by atoms with Gasteiger partial charge in [-0.05, 0) is 50.0 Å². The molecular formula is C14H19N3O2. The molecule has 0 spiro atoms. The van der Waals surface area contributed by atoms with Crippen molar-refractivity contribution in [3.63, 3.8) is 0 Å². The van der Waals surface area contributed by atoms with Crippen LogP contribution in [-0.4, -0.2) is 15.9 Å². The van der Waals surface area contributed by atoms with Crippen LogP contribution in [0.1, 0.15) is 32.6 Å². The van der Waals surface area contributed by atoms with Crippen LogP contribution in [0.25, 0.3) is 0 Å². The van der Waals surface area contributed by atoms with Crippen LogP contribution < -0.4 is 5.32 Å². The maximum atomic E-state index is 11.0. The first-order valence-electron chi connectivity index (χ1n) is 7.01. The van der Waals surface area contributed by atoms with Crippen molar-refractivity contribution in [1.82, 2.24) is 4.98 Å². The van der Waals surface area contributed by atoms with Crippen LogP contribution in [0.3, 0.4) is 0 Å². The molecule has 4 atom stereocenters. The third kappa shape index (κ3) is 2.29. The van der Waals surface area contributed by atoms with Gasteiger partial charge in [-0.25, -0.2) is 4.98 Å². The molecule has 2 fully saturated rings. The second kappa shape index (κ2) is 4.79. The number of pyridine rings is 1. The number of nitrogens with zero attached hydrogens (tertiary/aromatic N) is 2. The molecule has 2 aliphatic carbocycles. The minimum Gasteiger partial charge on any atom is -0.362 e. The van der Waals surface area contributed by atoms with Crippen molar-refractivity contribution in [2.24, 2.45) is 17.8 Å². The van der Waals surface area contributed by atoms with Crippen LogP contribution in [0.5, 0.6) is 0 Å². The summed E-state index contributed by atoms with van der Waals surface area (Å²) < 4.78 is 0. The van der Waals surface area contributed by atoms with Crippen molar-refractivity contribution in [3.8, 4) is 0 Å². The van der Waals surface area contributed by atoms with Gasteiger partial charge in [0.2, 0.25) is 5.82 Å². The summed E-state index contributed by atoms with van der Waals surface area (Å²) in [6.07, 6.45) is 6.91. The van der Waals surface area contributed by atoms with Gasteiger partial charge < -0.3 is 5.32 Å². The largest absolute Gasteiger partial charge is 0.362 e. The van der Waals surface area contributed by atoms with E-state index in [1.165, 1.54) is 31.7 Å². The van der Waals surface area contributed by atoms with E-state index in [1.807, 2.05) is 0 Å². The molecule has 0 amide bonds. The molecule has 0 aromatic carbocycles. The number of aromatic nitrogens is 1. The van der Waals surface area contributed by atoms with Gasteiger partial charge in [-0.15, -0.1) is 0 Å². The third-order valence-electron chi connectivity index (χ3n) is 4.78. The normalized spacial score (nSPS) is 30.3. The molecule has 2 saturated carbocycles. The molecule has 5 heteroatoms. The van der Waals surface area contributed by atoms with Gasteiger partial charge in [0.15, 0.2) is 0 Å². The molecule has 19 heavy (non-hydrogen) atoms. The Hall–Kier alpha value is -1.65. The first-order chi connectivity index (χ1) is 9.15. The predicted molar refractivity (Wildman–Crippen MR) is 72.9 cm³/mol. The van der Waals surface area contributed by atoms with Crippen LogP contribution in [0.15, 0.2) is 18.3 Å². The van der Waals surface area contributed by atoms with Crippen molar-refractivity contribution >= 4 is 11.5 Å². The summed E-state index contributed by atoms with van der Waals surface area (Å²) >= 11 is 0. The first-order valence-corrected chi connectivity index (χ1v) is 7.01. The van der Waals surface area contributed by atoms with Crippen LogP contribution in [0.4, 0.5) is 11.5 Å². The molecular weight excluding hydrogens is 242 g/mol. The van der Waals surface area contributed by atoms with Crippen molar-refractivity contribution in [2.75, 3.05) is 5.32 Å². The molecule has 4 unspecified atom stereocenters. The molecule has 2 bridgehead atoms. The first kappa shape index (κ1) is 12.4. The molecule has 0 radical (unpaired) electrons. The molecule has 102 valence electrons. The van der Waals surface area contributed by atoms with Gasteiger partial charge in [0, 0.05) is 18.3 Å². The monoisotopic (exact) mass is 261 g/mol.